The van der Waals surface area contributed by atoms with Gasteiger partial charge in [-0.2, -0.15) is 0 Å². The molecule has 1 atom stereocenters. The summed E-state index contributed by atoms with van der Waals surface area (Å²) in [6.07, 6.45) is 0.968. The van der Waals surface area contributed by atoms with Gasteiger partial charge in [-0.1, -0.05) is 37.1 Å². The van der Waals surface area contributed by atoms with E-state index in [0.717, 1.165) is 5.56 Å². The van der Waals surface area contributed by atoms with Gasteiger partial charge in [0.25, 0.3) is 0 Å². The number of aliphatic carboxylic acids is 1. The van der Waals surface area contributed by atoms with Gasteiger partial charge in [-0.3, -0.25) is 4.79 Å². The van der Waals surface area contributed by atoms with E-state index < -0.39 is 23.9 Å². The Kier molecular flexibility index (Phi) is 7.90. The molecule has 0 saturated heterocycles. The molecule has 0 aliphatic carbocycles. The highest BCUT2D eigenvalue weighted by Crippen LogP contribution is 2.08. The minimum Gasteiger partial charge on any atom is -0.480 e. The number of rotatable bonds is 8. The summed E-state index contributed by atoms with van der Waals surface area (Å²) in [6, 6.07) is 5.52. The topological polar surface area (TPSA) is 108 Å². The maximum absolute atomic E-state index is 11.6. The van der Waals surface area contributed by atoms with Crippen LogP contribution in [0.2, 0.25) is 5.02 Å². The van der Waals surface area contributed by atoms with Crippen LogP contribution in [-0.4, -0.2) is 35.6 Å². The molecule has 0 heterocycles. The van der Waals surface area contributed by atoms with Gasteiger partial charge in [-0.25, -0.2) is 9.59 Å². The molecule has 7 nitrogen and oxygen atoms in total. The number of carboxylic acid groups (broad SMARTS) is 1. The maximum Gasteiger partial charge on any atom is 0.326 e. The van der Waals surface area contributed by atoms with E-state index in [1.54, 1.807) is 24.3 Å². The summed E-state index contributed by atoms with van der Waals surface area (Å²) in [5.74, 6) is -1.64. The van der Waals surface area contributed by atoms with Gasteiger partial charge >= 0.3 is 12.0 Å². The van der Waals surface area contributed by atoms with Crippen molar-refractivity contribution in [1.82, 2.24) is 16.0 Å². The molecule has 0 aliphatic heterocycles. The van der Waals surface area contributed by atoms with Gasteiger partial charge in [0.2, 0.25) is 5.91 Å². The fourth-order valence-electron chi connectivity index (χ4n) is 1.80. The molecule has 0 spiro atoms. The zero-order chi connectivity index (χ0) is 17.2. The first-order valence-electron chi connectivity index (χ1n) is 7.20. The molecule has 1 unspecified atom stereocenters. The molecule has 23 heavy (non-hydrogen) atoms. The van der Waals surface area contributed by atoms with E-state index in [2.05, 4.69) is 16.0 Å². The highest BCUT2D eigenvalue weighted by Gasteiger charge is 2.18. The smallest absolute Gasteiger partial charge is 0.326 e. The number of hydrogen-bond donors (Lipinski definition) is 4. The van der Waals surface area contributed by atoms with Crippen molar-refractivity contribution in [3.8, 4) is 0 Å². The monoisotopic (exact) mass is 341 g/mol. The summed E-state index contributed by atoms with van der Waals surface area (Å²) >= 11 is 5.76. The third kappa shape index (κ3) is 7.51. The molecule has 1 rings (SSSR count). The number of benzene rings is 1. The predicted molar refractivity (Wildman–Crippen MR) is 86.2 cm³/mol. The van der Waals surface area contributed by atoms with Crippen molar-refractivity contribution < 1.29 is 19.5 Å². The van der Waals surface area contributed by atoms with Gasteiger partial charge in [-0.15, -0.1) is 0 Å². The zero-order valence-electron chi connectivity index (χ0n) is 12.8. The van der Waals surface area contributed by atoms with Crippen LogP contribution in [0.4, 0.5) is 4.79 Å². The van der Waals surface area contributed by atoms with Crippen molar-refractivity contribution in [2.24, 2.45) is 0 Å². The van der Waals surface area contributed by atoms with Gasteiger partial charge in [0.15, 0.2) is 0 Å². The predicted octanol–water partition coefficient (Wildman–Crippen LogP) is 1.51. The number of nitrogens with one attached hydrogen (secondary N) is 3. The van der Waals surface area contributed by atoms with E-state index >= 15 is 0 Å². The average molecular weight is 342 g/mol. The van der Waals surface area contributed by atoms with E-state index in [4.69, 9.17) is 16.7 Å². The lowest BCUT2D eigenvalue weighted by Crippen LogP contribution is -2.47. The molecule has 1 aromatic rings. The minimum absolute atomic E-state index is 0.290. The number of urea groups is 1. The second-order valence-electron chi connectivity index (χ2n) is 4.91. The number of carboxylic acids is 1. The number of carbonyl (C=O) groups excluding carboxylic acids is 2. The first kappa shape index (κ1) is 18.8. The van der Waals surface area contributed by atoms with Crippen LogP contribution in [0.1, 0.15) is 25.3 Å². The summed E-state index contributed by atoms with van der Waals surface area (Å²) < 4.78 is 0. The molecule has 126 valence electrons. The summed E-state index contributed by atoms with van der Waals surface area (Å²) in [5, 5.41) is 16.9. The molecule has 0 bridgehead atoms. The van der Waals surface area contributed by atoms with E-state index in [1.807, 2.05) is 6.92 Å². The van der Waals surface area contributed by atoms with Crippen molar-refractivity contribution in [2.75, 3.05) is 6.54 Å². The molecule has 3 amide bonds. The largest absolute Gasteiger partial charge is 0.480 e. The molecule has 8 heteroatoms. The Morgan fingerprint density at radius 3 is 2.39 bits per heavy atom. The lowest BCUT2D eigenvalue weighted by Gasteiger charge is -2.14. The Morgan fingerprint density at radius 1 is 1.17 bits per heavy atom. The normalized spacial score (nSPS) is 11.4. The Balaban J connectivity index is 2.30. The first-order valence-corrected chi connectivity index (χ1v) is 7.58. The molecule has 0 aromatic heterocycles. The molecule has 0 aliphatic rings. The second-order valence-corrected chi connectivity index (χ2v) is 5.35. The Labute approximate surface area is 139 Å². The summed E-state index contributed by atoms with van der Waals surface area (Å²) in [4.78, 5) is 34.1. The van der Waals surface area contributed by atoms with Gasteiger partial charge in [0.05, 0.1) is 6.54 Å². The second kappa shape index (κ2) is 9.68. The van der Waals surface area contributed by atoms with Gasteiger partial charge in [-0.05, 0) is 24.1 Å². The number of halogens is 1. The van der Waals surface area contributed by atoms with Crippen LogP contribution in [0.15, 0.2) is 24.3 Å². The van der Waals surface area contributed by atoms with Crippen LogP contribution >= 0.6 is 11.6 Å². The molecule has 4 N–H and O–H groups in total. The van der Waals surface area contributed by atoms with E-state index in [0.29, 0.717) is 17.9 Å². The highest BCUT2D eigenvalue weighted by atomic mass is 35.5. The van der Waals surface area contributed by atoms with Crippen molar-refractivity contribution in [2.45, 2.75) is 32.4 Å². The molecular weight excluding hydrogens is 322 g/mol. The average Bonchev–Trinajstić information content (AvgIpc) is 2.52. The van der Waals surface area contributed by atoms with E-state index in [-0.39, 0.29) is 13.1 Å². The molecule has 1 aromatic carbocycles. The fraction of sp³-hybridized carbons (Fsp3) is 0.400. The Bertz CT molecular complexity index is 548. The van der Waals surface area contributed by atoms with Crippen molar-refractivity contribution >= 4 is 29.5 Å². The number of hydrogen-bond acceptors (Lipinski definition) is 3. The van der Waals surface area contributed by atoms with Crippen LogP contribution in [0.3, 0.4) is 0 Å². The third-order valence-electron chi connectivity index (χ3n) is 2.99. The van der Waals surface area contributed by atoms with Crippen LogP contribution in [0.25, 0.3) is 0 Å². The van der Waals surface area contributed by atoms with Crippen molar-refractivity contribution in [1.29, 1.82) is 0 Å². The highest BCUT2D eigenvalue weighted by molar-refractivity contribution is 6.30. The first-order chi connectivity index (χ1) is 10.9. The zero-order valence-corrected chi connectivity index (χ0v) is 13.5. The quantitative estimate of drug-likeness (QED) is 0.574. The van der Waals surface area contributed by atoms with Crippen LogP contribution in [-0.2, 0) is 16.1 Å². The van der Waals surface area contributed by atoms with Crippen LogP contribution in [0.5, 0.6) is 0 Å². The molecule has 0 radical (unpaired) electrons. The number of amides is 3. The minimum atomic E-state index is -1.09. The maximum atomic E-state index is 11.6. The Morgan fingerprint density at radius 2 is 1.83 bits per heavy atom. The third-order valence-corrected chi connectivity index (χ3v) is 3.24. The molecule has 0 fully saturated rings. The lowest BCUT2D eigenvalue weighted by molar-refractivity contribution is -0.141. The van der Waals surface area contributed by atoms with Gasteiger partial charge < -0.3 is 21.1 Å². The van der Waals surface area contributed by atoms with E-state index in [1.165, 1.54) is 0 Å². The van der Waals surface area contributed by atoms with Gasteiger partial charge in [0.1, 0.15) is 6.04 Å². The lowest BCUT2D eigenvalue weighted by atomic mass is 10.1. The van der Waals surface area contributed by atoms with Crippen LogP contribution < -0.4 is 16.0 Å². The van der Waals surface area contributed by atoms with Crippen molar-refractivity contribution in [3.63, 3.8) is 0 Å². The van der Waals surface area contributed by atoms with Crippen molar-refractivity contribution in [3.05, 3.63) is 34.9 Å². The Hall–Kier alpha value is -2.28. The SMILES string of the molecule is CCCC(NC(=O)CNC(=O)NCc1ccc(Cl)cc1)C(=O)O. The summed E-state index contributed by atoms with van der Waals surface area (Å²) in [7, 11) is 0. The van der Waals surface area contributed by atoms with E-state index in [9.17, 15) is 14.4 Å². The number of carbonyl (C=O) groups is 3. The fourth-order valence-corrected chi connectivity index (χ4v) is 1.93. The van der Waals surface area contributed by atoms with Gasteiger partial charge in [0, 0.05) is 11.6 Å². The van der Waals surface area contributed by atoms with Crippen LogP contribution in [0, 0.1) is 0 Å². The molecular formula is C15H20ClN3O4. The molecule has 0 saturated carbocycles. The summed E-state index contributed by atoms with van der Waals surface area (Å²) in [6.45, 7) is 1.82. The summed E-state index contributed by atoms with van der Waals surface area (Å²) in [5.41, 5.74) is 0.864. The standard InChI is InChI=1S/C15H20ClN3O4/c1-2-3-12(14(21)22)19-13(20)9-18-15(23)17-8-10-4-6-11(16)7-5-10/h4-7,12H,2-3,8-9H2,1H3,(H,19,20)(H,21,22)(H2,17,18,23).